The van der Waals surface area contributed by atoms with Crippen LogP contribution in [0.1, 0.15) is 36.7 Å². The molecule has 1 aliphatic heterocycles. The van der Waals surface area contributed by atoms with Gasteiger partial charge in [-0.15, -0.1) is 6.42 Å². The quantitative estimate of drug-likeness (QED) is 0.249. The van der Waals surface area contributed by atoms with Crippen molar-refractivity contribution in [3.63, 3.8) is 0 Å². The second-order valence-electron chi connectivity index (χ2n) is 7.08. The van der Waals surface area contributed by atoms with E-state index in [0.29, 0.717) is 56.6 Å². The predicted octanol–water partition coefficient (Wildman–Crippen LogP) is 5.55. The number of terminal acetylenes is 1. The Balaban J connectivity index is 1.93. The highest BCUT2D eigenvalue weighted by Gasteiger charge is 2.32. The van der Waals surface area contributed by atoms with Crippen molar-refractivity contribution in [2.45, 2.75) is 20.8 Å². The van der Waals surface area contributed by atoms with Gasteiger partial charge in [-0.1, -0.05) is 23.6 Å². The lowest BCUT2D eigenvalue weighted by atomic mass is 10.1. The minimum Gasteiger partial charge on any atom is -0.490 e. The molecule has 0 aromatic heterocycles. The van der Waals surface area contributed by atoms with E-state index in [9.17, 15) is 9.59 Å². The Hall–Kier alpha value is -3.41. The van der Waals surface area contributed by atoms with Gasteiger partial charge in [0.2, 0.25) is 0 Å². The van der Waals surface area contributed by atoms with Crippen LogP contribution < -0.4 is 9.47 Å². The molecule has 3 rings (SSSR count). The molecule has 0 aliphatic carbocycles. The van der Waals surface area contributed by atoms with E-state index in [4.69, 9.17) is 32.2 Å². The average Bonchev–Trinajstić information content (AvgIpc) is 3.12. The zero-order valence-electron chi connectivity index (χ0n) is 19.7. The molecule has 0 saturated carbocycles. The Morgan fingerprint density at radius 1 is 1.20 bits per heavy atom. The minimum absolute atomic E-state index is 0.0528. The highest BCUT2D eigenvalue weighted by atomic mass is 35.5. The number of hydrogen-bond acceptors (Lipinski definition) is 7. The molecule has 0 N–H and O–H groups in total. The summed E-state index contributed by atoms with van der Waals surface area (Å²) in [7, 11) is 0. The zero-order valence-corrected chi connectivity index (χ0v) is 21.2. The van der Waals surface area contributed by atoms with E-state index in [0.717, 1.165) is 0 Å². The molecule has 1 fully saturated rings. The van der Waals surface area contributed by atoms with E-state index in [1.165, 1.54) is 11.8 Å². The van der Waals surface area contributed by atoms with Crippen LogP contribution in [0.3, 0.4) is 0 Å². The van der Waals surface area contributed by atoms with Crippen molar-refractivity contribution >= 4 is 52.2 Å². The first-order chi connectivity index (χ1) is 16.9. The van der Waals surface area contributed by atoms with Crippen LogP contribution in [-0.2, 0) is 9.53 Å². The topological polar surface area (TPSA) is 77.4 Å². The Morgan fingerprint density at radius 2 is 2.00 bits per heavy atom. The van der Waals surface area contributed by atoms with Crippen LogP contribution in [0.2, 0.25) is 5.02 Å². The summed E-state index contributed by atoms with van der Waals surface area (Å²) in [4.78, 5) is 31.8. The second kappa shape index (κ2) is 12.3. The van der Waals surface area contributed by atoms with Gasteiger partial charge < -0.3 is 14.2 Å². The molecule has 9 heteroatoms. The molecule has 1 amide bonds. The van der Waals surface area contributed by atoms with Crippen molar-refractivity contribution in [1.82, 2.24) is 4.90 Å². The number of rotatable bonds is 9. The molecular formula is C26H25ClN2O5S. The van der Waals surface area contributed by atoms with Gasteiger partial charge in [-0.2, -0.15) is 0 Å². The number of thioether (sulfide) groups is 1. The van der Waals surface area contributed by atoms with Crippen LogP contribution >= 0.6 is 23.4 Å². The largest absolute Gasteiger partial charge is 0.490 e. The molecule has 182 valence electrons. The SMILES string of the molecule is C#CCOc1c(Cl)cc(C=C2SC(=Nc3cccc(C(=O)OCC)c3)N(CC)C2=O)cc1OCC. The lowest BCUT2D eigenvalue weighted by molar-refractivity contribution is -0.122. The van der Waals surface area contributed by atoms with E-state index >= 15 is 0 Å². The smallest absolute Gasteiger partial charge is 0.338 e. The Kier molecular flexibility index (Phi) is 9.24. The number of benzene rings is 2. The number of nitrogens with zero attached hydrogens (tertiary/aromatic N) is 2. The molecular weight excluding hydrogens is 488 g/mol. The number of amides is 1. The number of amidine groups is 1. The summed E-state index contributed by atoms with van der Waals surface area (Å²) in [6, 6.07) is 10.2. The first-order valence-corrected chi connectivity index (χ1v) is 12.2. The number of aliphatic imine (C=N–C) groups is 1. The molecule has 2 aromatic carbocycles. The molecule has 1 heterocycles. The van der Waals surface area contributed by atoms with Crippen LogP contribution in [0.5, 0.6) is 11.5 Å². The lowest BCUT2D eigenvalue weighted by Crippen LogP contribution is -2.28. The standard InChI is InChI=1S/C26H25ClN2O5S/c1-5-12-34-23-20(27)13-17(14-21(23)32-7-3)15-22-24(30)29(6-2)26(35-22)28-19-11-9-10-18(16-19)25(31)33-8-4/h1,9-11,13-16H,6-8,12H2,2-4H3. The van der Waals surface area contributed by atoms with Crippen molar-refractivity contribution in [1.29, 1.82) is 0 Å². The normalized spacial score (nSPS) is 15.4. The Bertz CT molecular complexity index is 1220. The lowest BCUT2D eigenvalue weighted by Gasteiger charge is -2.13. The summed E-state index contributed by atoms with van der Waals surface area (Å²) in [5.74, 6) is 2.60. The molecule has 1 aliphatic rings. The molecule has 2 aromatic rings. The van der Waals surface area contributed by atoms with Crippen molar-refractivity contribution < 1.29 is 23.8 Å². The first kappa shape index (κ1) is 26.2. The van der Waals surface area contributed by atoms with E-state index in [1.54, 1.807) is 54.3 Å². The van der Waals surface area contributed by atoms with Crippen molar-refractivity contribution in [3.05, 3.63) is 57.5 Å². The summed E-state index contributed by atoms with van der Waals surface area (Å²) >= 11 is 7.65. The third-order valence-electron chi connectivity index (χ3n) is 4.72. The van der Waals surface area contributed by atoms with Crippen molar-refractivity contribution in [3.8, 4) is 23.8 Å². The summed E-state index contributed by atoms with van der Waals surface area (Å²) in [6.45, 7) is 6.64. The van der Waals surface area contributed by atoms with Crippen molar-refractivity contribution in [2.24, 2.45) is 4.99 Å². The molecule has 0 bridgehead atoms. The Morgan fingerprint density at radius 3 is 2.69 bits per heavy atom. The maximum atomic E-state index is 13.1. The molecule has 35 heavy (non-hydrogen) atoms. The number of esters is 1. The van der Waals surface area contributed by atoms with Gasteiger partial charge in [-0.05, 0) is 74.5 Å². The van der Waals surface area contributed by atoms with E-state index in [-0.39, 0.29) is 19.1 Å². The fourth-order valence-electron chi connectivity index (χ4n) is 3.24. The van der Waals surface area contributed by atoms with Crippen molar-refractivity contribution in [2.75, 3.05) is 26.4 Å². The molecule has 0 radical (unpaired) electrons. The third-order valence-corrected chi connectivity index (χ3v) is 6.00. The summed E-state index contributed by atoms with van der Waals surface area (Å²) < 4.78 is 16.3. The second-order valence-corrected chi connectivity index (χ2v) is 8.50. The highest BCUT2D eigenvalue weighted by Crippen LogP contribution is 2.39. The number of hydrogen-bond donors (Lipinski definition) is 0. The number of halogens is 1. The summed E-state index contributed by atoms with van der Waals surface area (Å²) in [5.41, 5.74) is 1.61. The molecule has 0 unspecified atom stereocenters. The van der Waals surface area contributed by atoms with Gasteiger partial charge >= 0.3 is 5.97 Å². The molecule has 7 nitrogen and oxygen atoms in total. The maximum absolute atomic E-state index is 13.1. The van der Waals surface area contributed by atoms with E-state index in [1.807, 2.05) is 13.8 Å². The number of carbonyl (C=O) groups is 2. The van der Waals surface area contributed by atoms with E-state index < -0.39 is 5.97 Å². The van der Waals surface area contributed by atoms with Crippen LogP contribution in [0.15, 0.2) is 46.3 Å². The summed E-state index contributed by atoms with van der Waals surface area (Å²) in [6.07, 6.45) is 7.02. The van der Waals surface area contributed by atoms with Gasteiger partial charge in [0, 0.05) is 6.54 Å². The third kappa shape index (κ3) is 6.38. The van der Waals surface area contributed by atoms with E-state index in [2.05, 4.69) is 10.9 Å². The number of likely N-dealkylation sites (N-methyl/N-ethyl adjacent to an activating group) is 1. The number of ether oxygens (including phenoxy) is 3. The van der Waals surface area contributed by atoms with Crippen LogP contribution in [0.25, 0.3) is 6.08 Å². The molecule has 1 saturated heterocycles. The van der Waals surface area contributed by atoms with Gasteiger partial charge in [-0.3, -0.25) is 9.69 Å². The molecule has 0 spiro atoms. The van der Waals surface area contributed by atoms with Crippen LogP contribution in [-0.4, -0.2) is 48.3 Å². The fraction of sp³-hybridized carbons (Fsp3) is 0.269. The zero-order chi connectivity index (χ0) is 25.4. The Labute approximate surface area is 214 Å². The summed E-state index contributed by atoms with van der Waals surface area (Å²) in [5, 5.41) is 0.834. The van der Waals surface area contributed by atoms with Gasteiger partial charge in [-0.25, -0.2) is 9.79 Å². The predicted molar refractivity (Wildman–Crippen MR) is 139 cm³/mol. The maximum Gasteiger partial charge on any atom is 0.338 e. The van der Waals surface area contributed by atoms with Gasteiger partial charge in [0.05, 0.1) is 34.4 Å². The van der Waals surface area contributed by atoms with Gasteiger partial charge in [0.15, 0.2) is 16.7 Å². The minimum atomic E-state index is -0.422. The average molecular weight is 513 g/mol. The fourth-order valence-corrected chi connectivity index (χ4v) is 4.57. The number of carbonyl (C=O) groups excluding carboxylic acids is 2. The van der Waals surface area contributed by atoms with Gasteiger partial charge in [0.25, 0.3) is 5.91 Å². The van der Waals surface area contributed by atoms with Crippen LogP contribution in [0, 0.1) is 12.3 Å². The van der Waals surface area contributed by atoms with Crippen LogP contribution in [0.4, 0.5) is 5.69 Å². The monoisotopic (exact) mass is 512 g/mol. The highest BCUT2D eigenvalue weighted by molar-refractivity contribution is 8.18. The molecule has 0 atom stereocenters. The first-order valence-electron chi connectivity index (χ1n) is 11.0. The van der Waals surface area contributed by atoms with Gasteiger partial charge in [0.1, 0.15) is 6.61 Å².